The maximum absolute atomic E-state index is 12.5. The Morgan fingerprint density at radius 2 is 0.804 bits per heavy atom. The fourth-order valence-electron chi connectivity index (χ4n) is 5.98. The highest BCUT2D eigenvalue weighted by Crippen LogP contribution is 2.12. The summed E-state index contributed by atoms with van der Waals surface area (Å²) in [5.74, 6) is -0.448. The van der Waals surface area contributed by atoms with Crippen LogP contribution < -0.4 is 0 Å². The molecule has 0 saturated heterocycles. The summed E-state index contributed by atoms with van der Waals surface area (Å²) in [7, 11) is 0. The molecule has 0 aromatic carbocycles. The van der Waals surface area contributed by atoms with Gasteiger partial charge >= 0.3 is 11.9 Å². The molecule has 0 amide bonds. The van der Waals surface area contributed by atoms with Crippen molar-refractivity contribution in [1.82, 2.24) is 0 Å². The van der Waals surface area contributed by atoms with E-state index in [0.717, 1.165) is 96.3 Å². The van der Waals surface area contributed by atoms with Crippen LogP contribution in [0.1, 0.15) is 201 Å². The second-order valence-electron chi connectivity index (χ2n) is 14.9. The minimum Gasteiger partial charge on any atom is -0.462 e. The van der Waals surface area contributed by atoms with E-state index in [-0.39, 0.29) is 25.2 Å². The minimum atomic E-state index is -0.560. The van der Waals surface area contributed by atoms with Gasteiger partial charge in [0.25, 0.3) is 0 Å². The molecule has 56 heavy (non-hydrogen) atoms. The van der Waals surface area contributed by atoms with Crippen molar-refractivity contribution in [3.8, 4) is 0 Å². The average molecular weight is 779 g/mol. The summed E-state index contributed by atoms with van der Waals surface area (Å²) in [6.07, 6.45) is 60.4. The molecule has 0 spiro atoms. The smallest absolute Gasteiger partial charge is 0.306 e. The molecule has 5 heteroatoms. The highest BCUT2D eigenvalue weighted by molar-refractivity contribution is 5.70. The summed E-state index contributed by atoms with van der Waals surface area (Å²) in [6, 6.07) is 0. The third-order valence-electron chi connectivity index (χ3n) is 9.42. The molecule has 0 aromatic heterocycles. The van der Waals surface area contributed by atoms with Crippen molar-refractivity contribution in [1.29, 1.82) is 0 Å². The zero-order valence-corrected chi connectivity index (χ0v) is 36.6. The molecule has 1 atom stereocenters. The lowest BCUT2D eigenvalue weighted by atomic mass is 10.1. The first-order valence-corrected chi connectivity index (χ1v) is 23.1. The zero-order chi connectivity index (χ0) is 40.7. The van der Waals surface area contributed by atoms with E-state index in [1.54, 1.807) is 0 Å². The molecule has 0 saturated carbocycles. The Balaban J connectivity index is 4.16. The number of allylic oxidation sites excluding steroid dienone is 14. The van der Waals surface area contributed by atoms with E-state index in [1.165, 1.54) is 70.6 Å². The maximum atomic E-state index is 12.5. The molecule has 0 aliphatic rings. The standard InChI is InChI=1S/C51H86O5/c1-4-7-10-13-15-17-19-21-23-25-27-29-31-33-35-37-40-43-46-54-47-49(56-51(53)45-42-38-12-9-6-3)48-55-50(52)44-41-39-36-34-32-30-28-26-24-22-20-18-16-14-11-8-5-2/h7,10,15-18,21-24,27,29,33,35,49H,4-6,8-9,11-14,19-20,25-26,28,30-32,34,36-48H2,1-3H3/b10-7-,17-15-,18-16-,23-21-,24-22-,29-27-,35-33-. The summed E-state index contributed by atoms with van der Waals surface area (Å²) in [5, 5.41) is 0. The molecule has 0 radical (unpaired) electrons. The molecule has 0 heterocycles. The zero-order valence-electron chi connectivity index (χ0n) is 36.6. The lowest BCUT2D eigenvalue weighted by Crippen LogP contribution is -2.30. The van der Waals surface area contributed by atoms with Gasteiger partial charge in [-0.25, -0.2) is 0 Å². The highest BCUT2D eigenvalue weighted by atomic mass is 16.6. The Morgan fingerprint density at radius 1 is 0.411 bits per heavy atom. The molecule has 5 nitrogen and oxygen atoms in total. The van der Waals surface area contributed by atoms with E-state index >= 15 is 0 Å². The summed E-state index contributed by atoms with van der Waals surface area (Å²) in [6.45, 7) is 7.49. The molecular formula is C51H86O5. The molecule has 320 valence electrons. The summed E-state index contributed by atoms with van der Waals surface area (Å²) >= 11 is 0. The quantitative estimate of drug-likeness (QED) is 0.0351. The Labute approximate surface area is 346 Å². The summed E-state index contributed by atoms with van der Waals surface area (Å²) in [5.41, 5.74) is 0. The van der Waals surface area contributed by atoms with Gasteiger partial charge in [-0.05, 0) is 96.3 Å². The fraction of sp³-hybridized carbons (Fsp3) is 0.686. The van der Waals surface area contributed by atoms with Gasteiger partial charge in [-0.2, -0.15) is 0 Å². The molecule has 1 unspecified atom stereocenters. The van der Waals surface area contributed by atoms with Gasteiger partial charge in [-0.15, -0.1) is 0 Å². The SMILES string of the molecule is CC/C=C\C/C=C\C/C=C\C/C=C\C/C=C\CCCCOCC(COC(=O)CCCCCCCCC/C=C\C/C=C\CCCCC)OC(=O)CCCCCCC. The first kappa shape index (κ1) is 53.1. The van der Waals surface area contributed by atoms with Crippen molar-refractivity contribution in [2.45, 2.75) is 207 Å². The van der Waals surface area contributed by atoms with Crippen LogP contribution in [0.25, 0.3) is 0 Å². The number of ether oxygens (including phenoxy) is 3. The summed E-state index contributed by atoms with van der Waals surface area (Å²) < 4.78 is 17.2. The number of esters is 2. The van der Waals surface area contributed by atoms with Crippen LogP contribution in [0.3, 0.4) is 0 Å². The van der Waals surface area contributed by atoms with E-state index in [4.69, 9.17) is 14.2 Å². The van der Waals surface area contributed by atoms with E-state index in [1.807, 2.05) is 0 Å². The van der Waals surface area contributed by atoms with E-state index in [2.05, 4.69) is 106 Å². The molecule has 0 aliphatic carbocycles. The molecule has 0 aromatic rings. The first-order chi connectivity index (χ1) is 27.6. The van der Waals surface area contributed by atoms with E-state index < -0.39 is 6.10 Å². The minimum absolute atomic E-state index is 0.0597. The molecular weight excluding hydrogens is 693 g/mol. The Bertz CT molecular complexity index is 1060. The van der Waals surface area contributed by atoms with Crippen LogP contribution in [0, 0.1) is 0 Å². The van der Waals surface area contributed by atoms with Crippen LogP contribution in [0.15, 0.2) is 85.1 Å². The second kappa shape index (κ2) is 46.5. The Kier molecular flexibility index (Phi) is 44.0. The third kappa shape index (κ3) is 43.8. The Hall–Kier alpha value is -2.92. The molecule has 0 rings (SSSR count). The van der Waals surface area contributed by atoms with Gasteiger partial charge in [0.2, 0.25) is 0 Å². The lowest BCUT2D eigenvalue weighted by Gasteiger charge is -2.18. The van der Waals surface area contributed by atoms with Gasteiger partial charge < -0.3 is 14.2 Å². The maximum Gasteiger partial charge on any atom is 0.306 e. The van der Waals surface area contributed by atoms with Gasteiger partial charge in [-0.3, -0.25) is 9.59 Å². The van der Waals surface area contributed by atoms with E-state index in [9.17, 15) is 9.59 Å². The fourth-order valence-corrected chi connectivity index (χ4v) is 5.98. The molecule has 0 N–H and O–H groups in total. The van der Waals surface area contributed by atoms with Crippen molar-refractivity contribution >= 4 is 11.9 Å². The number of carbonyl (C=O) groups is 2. The lowest BCUT2D eigenvalue weighted by molar-refractivity contribution is -0.163. The molecule has 0 aliphatic heterocycles. The highest BCUT2D eigenvalue weighted by Gasteiger charge is 2.17. The largest absolute Gasteiger partial charge is 0.462 e. The van der Waals surface area contributed by atoms with Crippen molar-refractivity contribution in [3.05, 3.63) is 85.1 Å². The van der Waals surface area contributed by atoms with Crippen molar-refractivity contribution < 1.29 is 23.8 Å². The monoisotopic (exact) mass is 779 g/mol. The first-order valence-electron chi connectivity index (χ1n) is 23.1. The number of rotatable bonds is 41. The molecule has 0 bridgehead atoms. The normalized spacial score (nSPS) is 13.0. The van der Waals surface area contributed by atoms with Crippen LogP contribution in [0.5, 0.6) is 0 Å². The predicted molar refractivity (Wildman–Crippen MR) is 242 cm³/mol. The predicted octanol–water partition coefficient (Wildman–Crippen LogP) is 15.3. The second-order valence-corrected chi connectivity index (χ2v) is 14.9. The van der Waals surface area contributed by atoms with Crippen LogP contribution in [-0.4, -0.2) is 37.9 Å². The van der Waals surface area contributed by atoms with Crippen LogP contribution in [0.2, 0.25) is 0 Å². The van der Waals surface area contributed by atoms with Gasteiger partial charge in [-0.1, -0.05) is 176 Å². The number of carbonyl (C=O) groups excluding carboxylic acids is 2. The number of hydrogen-bond acceptors (Lipinski definition) is 5. The number of unbranched alkanes of at least 4 members (excludes halogenated alkanes) is 16. The van der Waals surface area contributed by atoms with Gasteiger partial charge in [0.05, 0.1) is 6.61 Å². The average Bonchev–Trinajstić information content (AvgIpc) is 3.20. The van der Waals surface area contributed by atoms with E-state index in [0.29, 0.717) is 19.4 Å². The van der Waals surface area contributed by atoms with Crippen LogP contribution in [0.4, 0.5) is 0 Å². The third-order valence-corrected chi connectivity index (χ3v) is 9.42. The molecule has 0 fully saturated rings. The Morgan fingerprint density at radius 3 is 1.32 bits per heavy atom. The van der Waals surface area contributed by atoms with Crippen molar-refractivity contribution in [3.63, 3.8) is 0 Å². The van der Waals surface area contributed by atoms with Crippen LogP contribution in [-0.2, 0) is 23.8 Å². The van der Waals surface area contributed by atoms with Crippen molar-refractivity contribution in [2.24, 2.45) is 0 Å². The van der Waals surface area contributed by atoms with Crippen molar-refractivity contribution in [2.75, 3.05) is 19.8 Å². The topological polar surface area (TPSA) is 61.8 Å². The number of hydrogen-bond donors (Lipinski definition) is 0. The summed E-state index contributed by atoms with van der Waals surface area (Å²) in [4.78, 5) is 25.0. The van der Waals surface area contributed by atoms with Gasteiger partial charge in [0.1, 0.15) is 6.61 Å². The van der Waals surface area contributed by atoms with Crippen LogP contribution >= 0.6 is 0 Å². The van der Waals surface area contributed by atoms with Gasteiger partial charge in [0.15, 0.2) is 6.10 Å². The van der Waals surface area contributed by atoms with Gasteiger partial charge in [0, 0.05) is 19.4 Å².